The first-order chi connectivity index (χ1) is 6.37. The average molecular weight is 240 g/mol. The van der Waals surface area contributed by atoms with Crippen LogP contribution in [0.1, 0.15) is 20.8 Å². The molecule has 0 aromatic carbocycles. The van der Waals surface area contributed by atoms with Crippen LogP contribution in [0.2, 0.25) is 0 Å². The summed E-state index contributed by atoms with van der Waals surface area (Å²) in [6, 6.07) is 0. The van der Waals surface area contributed by atoms with Crippen molar-refractivity contribution in [1.82, 2.24) is 0 Å². The molecule has 0 aliphatic heterocycles. The van der Waals surface area contributed by atoms with E-state index < -0.39 is 24.4 Å². The van der Waals surface area contributed by atoms with Crippen LogP contribution < -0.4 is 0 Å². The van der Waals surface area contributed by atoms with E-state index in [9.17, 15) is 26.3 Å². The summed E-state index contributed by atoms with van der Waals surface area (Å²) in [7, 11) is 0. The highest BCUT2D eigenvalue weighted by molar-refractivity contribution is 4.71. The van der Waals surface area contributed by atoms with Crippen molar-refractivity contribution in [2.75, 3.05) is 0 Å². The van der Waals surface area contributed by atoms with Crippen LogP contribution in [0.25, 0.3) is 0 Å². The van der Waals surface area contributed by atoms with E-state index in [1.165, 1.54) is 0 Å². The molecule has 0 radical (unpaired) electrons. The van der Waals surface area contributed by atoms with Gasteiger partial charge < -0.3 is 0 Å². The Balaban J connectivity index is 4.57. The Morgan fingerprint density at radius 3 is 1.60 bits per heavy atom. The highest BCUT2D eigenvalue weighted by atomic mass is 19.3. The average Bonchev–Trinajstić information content (AvgIpc) is 1.75. The monoisotopic (exact) mass is 240 g/mol. The van der Waals surface area contributed by atoms with Crippen molar-refractivity contribution < 1.29 is 35.8 Å². The maximum Gasteiger partial charge on any atom is 0.490 e. The lowest BCUT2D eigenvalue weighted by atomic mass is 10.4. The second-order valence-corrected chi connectivity index (χ2v) is 3.14. The molecule has 8 heteroatoms. The van der Waals surface area contributed by atoms with Crippen molar-refractivity contribution in [1.29, 1.82) is 0 Å². The molecule has 0 unspecified atom stereocenters. The maximum atomic E-state index is 12.4. The summed E-state index contributed by atoms with van der Waals surface area (Å²) in [5.74, 6) is -4.73. The maximum absolute atomic E-state index is 12.4. The lowest BCUT2D eigenvalue weighted by Gasteiger charge is -2.27. The Hall–Kier alpha value is -0.500. The first-order valence-corrected chi connectivity index (χ1v) is 3.89. The lowest BCUT2D eigenvalue weighted by Crippen LogP contribution is -2.46. The predicted molar refractivity (Wildman–Crippen MR) is 37.8 cm³/mol. The normalized spacial score (nSPS) is 14.8. The predicted octanol–water partition coefficient (Wildman–Crippen LogP) is 3.23. The number of rotatable bonds is 5. The van der Waals surface area contributed by atoms with Gasteiger partial charge in [0.25, 0.3) is 0 Å². The van der Waals surface area contributed by atoms with Gasteiger partial charge in [0.05, 0.1) is 6.10 Å². The zero-order valence-corrected chi connectivity index (χ0v) is 8.16. The fourth-order valence-corrected chi connectivity index (χ4v) is 0.537. The highest BCUT2D eigenvalue weighted by Gasteiger charge is 2.60. The molecule has 0 fully saturated rings. The minimum Gasteiger partial charge on any atom is -0.293 e. The zero-order valence-electron chi connectivity index (χ0n) is 8.16. The second-order valence-electron chi connectivity index (χ2n) is 3.14. The van der Waals surface area contributed by atoms with E-state index in [0.717, 1.165) is 13.8 Å². The van der Waals surface area contributed by atoms with E-state index in [2.05, 4.69) is 9.47 Å². The summed E-state index contributed by atoms with van der Waals surface area (Å²) < 4.78 is 80.0. The molecule has 0 rings (SSSR count). The van der Waals surface area contributed by atoms with Crippen molar-refractivity contribution in [3.05, 3.63) is 0 Å². The Labute approximate surface area is 82.1 Å². The molecule has 0 N–H and O–H groups in total. The van der Waals surface area contributed by atoms with Crippen LogP contribution in [0.15, 0.2) is 0 Å². The third-order valence-electron chi connectivity index (χ3n) is 1.13. The van der Waals surface area contributed by atoms with Crippen LogP contribution in [0.4, 0.5) is 26.3 Å². The van der Waals surface area contributed by atoms with Crippen molar-refractivity contribution in [3.63, 3.8) is 0 Å². The molecule has 92 valence electrons. The van der Waals surface area contributed by atoms with E-state index >= 15 is 0 Å². The van der Waals surface area contributed by atoms with Crippen molar-refractivity contribution >= 4 is 0 Å². The molecule has 2 nitrogen and oxygen atoms in total. The summed E-state index contributed by atoms with van der Waals surface area (Å²) in [6.45, 7) is 1.98. The molecule has 0 heterocycles. The molecule has 0 aromatic heterocycles. The van der Waals surface area contributed by atoms with E-state index in [4.69, 9.17) is 0 Å². The Morgan fingerprint density at radius 2 is 1.33 bits per heavy atom. The third kappa shape index (κ3) is 4.70. The first kappa shape index (κ1) is 14.5. The largest absolute Gasteiger partial charge is 0.490 e. The molecule has 0 saturated carbocycles. The van der Waals surface area contributed by atoms with Gasteiger partial charge in [-0.3, -0.25) is 4.74 Å². The first-order valence-electron chi connectivity index (χ1n) is 3.89. The molecule has 0 bridgehead atoms. The summed E-state index contributed by atoms with van der Waals surface area (Å²) in [6.07, 6.45) is -11.2. The zero-order chi connectivity index (χ0) is 12.5. The van der Waals surface area contributed by atoms with Crippen molar-refractivity contribution in [3.8, 4) is 0 Å². The van der Waals surface area contributed by atoms with Crippen LogP contribution in [-0.4, -0.2) is 24.4 Å². The highest BCUT2D eigenvalue weighted by Crippen LogP contribution is 2.39. The number of hydrogen-bond donors (Lipinski definition) is 0. The smallest absolute Gasteiger partial charge is 0.293 e. The van der Waals surface area contributed by atoms with Gasteiger partial charge in [0.15, 0.2) is 0 Å². The van der Waals surface area contributed by atoms with Gasteiger partial charge in [-0.25, -0.2) is 4.74 Å². The van der Waals surface area contributed by atoms with E-state index in [1.807, 2.05) is 0 Å². The van der Waals surface area contributed by atoms with Crippen LogP contribution >= 0.6 is 0 Å². The SMILES string of the molecule is CC(C)OC(F)(F)OC(F)(F)C(C)(F)F. The van der Waals surface area contributed by atoms with Crippen LogP contribution in [-0.2, 0) is 9.47 Å². The molecule has 0 amide bonds. The topological polar surface area (TPSA) is 18.5 Å². The van der Waals surface area contributed by atoms with Gasteiger partial charge in [-0.1, -0.05) is 0 Å². The molecule has 0 saturated heterocycles. The number of hydrogen-bond acceptors (Lipinski definition) is 2. The van der Waals surface area contributed by atoms with Crippen molar-refractivity contribution in [2.24, 2.45) is 0 Å². The molecule has 0 aromatic rings. The third-order valence-corrected chi connectivity index (χ3v) is 1.13. The Bertz CT molecular complexity index is 210. The fourth-order valence-electron chi connectivity index (χ4n) is 0.537. The van der Waals surface area contributed by atoms with E-state index in [0.29, 0.717) is 0 Å². The van der Waals surface area contributed by atoms with Crippen LogP contribution in [0.5, 0.6) is 0 Å². The number of halogens is 6. The van der Waals surface area contributed by atoms with Gasteiger partial charge in [0.1, 0.15) is 0 Å². The van der Waals surface area contributed by atoms with E-state index in [-0.39, 0.29) is 6.92 Å². The molecule has 0 aliphatic carbocycles. The molecule has 0 atom stereocenters. The number of alkyl halides is 6. The standard InChI is InChI=1S/C7H10F6O2/c1-4(2)14-7(12,13)15-6(10,11)5(3,8)9/h4H,1-3H3. The van der Waals surface area contributed by atoms with Gasteiger partial charge in [-0.05, 0) is 13.8 Å². The fraction of sp³-hybridized carbons (Fsp3) is 1.00. The molecule has 0 aliphatic rings. The van der Waals surface area contributed by atoms with Gasteiger partial charge in [-0.15, -0.1) is 8.78 Å². The minimum absolute atomic E-state index is 0.238. The summed E-state index contributed by atoms with van der Waals surface area (Å²) >= 11 is 0. The molecular formula is C7H10F6O2. The van der Waals surface area contributed by atoms with Crippen molar-refractivity contribution in [2.45, 2.75) is 45.2 Å². The molecule has 15 heavy (non-hydrogen) atoms. The van der Waals surface area contributed by atoms with Crippen LogP contribution in [0.3, 0.4) is 0 Å². The summed E-state index contributed by atoms with van der Waals surface area (Å²) in [5, 5.41) is 0. The summed E-state index contributed by atoms with van der Waals surface area (Å²) in [5.41, 5.74) is 0. The Kier molecular flexibility index (Phi) is 4.03. The minimum atomic E-state index is -5.30. The van der Waals surface area contributed by atoms with Gasteiger partial charge >= 0.3 is 18.3 Å². The molecular weight excluding hydrogens is 230 g/mol. The van der Waals surface area contributed by atoms with Gasteiger partial charge in [0.2, 0.25) is 0 Å². The molecule has 0 spiro atoms. The van der Waals surface area contributed by atoms with Gasteiger partial charge in [0, 0.05) is 6.92 Å². The Morgan fingerprint density at radius 1 is 0.933 bits per heavy atom. The van der Waals surface area contributed by atoms with Gasteiger partial charge in [-0.2, -0.15) is 17.6 Å². The quantitative estimate of drug-likeness (QED) is 0.542. The lowest BCUT2D eigenvalue weighted by molar-refractivity contribution is -0.500. The summed E-state index contributed by atoms with van der Waals surface area (Å²) in [4.78, 5) is 0. The number of ether oxygens (including phenoxy) is 2. The van der Waals surface area contributed by atoms with E-state index in [1.54, 1.807) is 0 Å². The van der Waals surface area contributed by atoms with Crippen LogP contribution in [0, 0.1) is 0 Å². The second kappa shape index (κ2) is 4.17.